The van der Waals surface area contributed by atoms with Crippen LogP contribution in [0.4, 0.5) is 17.6 Å². The van der Waals surface area contributed by atoms with Crippen molar-refractivity contribution in [1.82, 2.24) is 9.55 Å². The number of hydrogen-bond donors (Lipinski definition) is 1. The summed E-state index contributed by atoms with van der Waals surface area (Å²) in [4.78, 5) is 4.06. The SMILES string of the molecule is CCn1c(C(O)(c2ccc(F)cc2)C(F)(F)F)nc2ccc(C)cc21. The number of fused-ring (bicyclic) bond motifs is 1. The van der Waals surface area contributed by atoms with Crippen molar-refractivity contribution in [2.24, 2.45) is 0 Å². The number of aromatic nitrogens is 2. The Kier molecular flexibility index (Phi) is 4.07. The van der Waals surface area contributed by atoms with Gasteiger partial charge in [-0.3, -0.25) is 0 Å². The van der Waals surface area contributed by atoms with Gasteiger partial charge in [-0.1, -0.05) is 18.2 Å². The van der Waals surface area contributed by atoms with E-state index in [2.05, 4.69) is 4.98 Å². The van der Waals surface area contributed by atoms with E-state index in [0.717, 1.165) is 29.8 Å². The Morgan fingerprint density at radius 3 is 2.28 bits per heavy atom. The summed E-state index contributed by atoms with van der Waals surface area (Å²) in [6.45, 7) is 3.69. The minimum Gasteiger partial charge on any atom is -0.370 e. The molecule has 0 saturated carbocycles. The van der Waals surface area contributed by atoms with E-state index in [9.17, 15) is 22.7 Å². The normalized spacial score (nSPS) is 14.7. The topological polar surface area (TPSA) is 38.0 Å². The first-order valence-electron chi connectivity index (χ1n) is 7.71. The molecule has 2 aromatic carbocycles. The van der Waals surface area contributed by atoms with Gasteiger partial charge in [0.1, 0.15) is 5.82 Å². The lowest BCUT2D eigenvalue weighted by Crippen LogP contribution is -2.45. The van der Waals surface area contributed by atoms with Gasteiger partial charge in [-0.15, -0.1) is 0 Å². The fourth-order valence-corrected chi connectivity index (χ4v) is 2.94. The maximum Gasteiger partial charge on any atom is 0.428 e. The highest BCUT2D eigenvalue weighted by molar-refractivity contribution is 5.77. The first kappa shape index (κ1) is 17.4. The largest absolute Gasteiger partial charge is 0.428 e. The van der Waals surface area contributed by atoms with Crippen LogP contribution in [0.5, 0.6) is 0 Å². The first-order chi connectivity index (χ1) is 11.7. The van der Waals surface area contributed by atoms with E-state index in [-0.39, 0.29) is 6.54 Å². The third kappa shape index (κ3) is 2.68. The van der Waals surface area contributed by atoms with Crippen molar-refractivity contribution >= 4 is 11.0 Å². The second-order valence-electron chi connectivity index (χ2n) is 5.89. The van der Waals surface area contributed by atoms with Crippen LogP contribution in [0.3, 0.4) is 0 Å². The average molecular weight is 352 g/mol. The van der Waals surface area contributed by atoms with Crippen molar-refractivity contribution in [3.05, 3.63) is 65.2 Å². The Labute approximate surface area is 141 Å². The fraction of sp³-hybridized carbons (Fsp3) is 0.278. The number of imidazole rings is 1. The van der Waals surface area contributed by atoms with Gasteiger partial charge < -0.3 is 9.67 Å². The van der Waals surface area contributed by atoms with Gasteiger partial charge in [0.2, 0.25) is 5.60 Å². The predicted molar refractivity (Wildman–Crippen MR) is 85.6 cm³/mol. The lowest BCUT2D eigenvalue weighted by Gasteiger charge is -2.30. The van der Waals surface area contributed by atoms with E-state index >= 15 is 0 Å². The molecule has 3 rings (SSSR count). The summed E-state index contributed by atoms with van der Waals surface area (Å²) in [5.41, 5.74) is -2.10. The highest BCUT2D eigenvalue weighted by Crippen LogP contribution is 2.44. The predicted octanol–water partition coefficient (Wildman–Crippen LogP) is 4.30. The van der Waals surface area contributed by atoms with E-state index in [1.807, 2.05) is 6.92 Å². The number of alkyl halides is 3. The summed E-state index contributed by atoms with van der Waals surface area (Å²) in [6, 6.07) is 8.69. The fourth-order valence-electron chi connectivity index (χ4n) is 2.94. The van der Waals surface area contributed by atoms with Crippen LogP contribution in [0.15, 0.2) is 42.5 Å². The summed E-state index contributed by atoms with van der Waals surface area (Å²) in [5.74, 6) is -1.22. The van der Waals surface area contributed by atoms with Crippen LogP contribution in [0, 0.1) is 12.7 Å². The second kappa shape index (κ2) is 5.84. The molecule has 132 valence electrons. The maximum absolute atomic E-state index is 13.9. The van der Waals surface area contributed by atoms with E-state index in [1.54, 1.807) is 25.1 Å². The minimum atomic E-state index is -5.03. The molecular weight excluding hydrogens is 336 g/mol. The number of aliphatic hydroxyl groups is 1. The smallest absolute Gasteiger partial charge is 0.370 e. The number of halogens is 4. The molecule has 3 aromatic rings. The van der Waals surface area contributed by atoms with Crippen molar-refractivity contribution in [2.45, 2.75) is 32.2 Å². The Balaban J connectivity index is 2.35. The lowest BCUT2D eigenvalue weighted by molar-refractivity contribution is -0.252. The van der Waals surface area contributed by atoms with E-state index in [0.29, 0.717) is 11.0 Å². The quantitative estimate of drug-likeness (QED) is 0.714. The highest BCUT2D eigenvalue weighted by atomic mass is 19.4. The van der Waals surface area contributed by atoms with Crippen molar-refractivity contribution in [3.63, 3.8) is 0 Å². The van der Waals surface area contributed by atoms with Crippen molar-refractivity contribution in [3.8, 4) is 0 Å². The van der Waals surface area contributed by atoms with Gasteiger partial charge in [-0.25, -0.2) is 9.37 Å². The monoisotopic (exact) mass is 352 g/mol. The molecule has 25 heavy (non-hydrogen) atoms. The summed E-state index contributed by atoms with van der Waals surface area (Å²) in [7, 11) is 0. The van der Waals surface area contributed by atoms with Gasteiger partial charge in [-0.05, 0) is 43.7 Å². The molecule has 1 heterocycles. The molecule has 1 atom stereocenters. The van der Waals surface area contributed by atoms with Gasteiger partial charge in [0.15, 0.2) is 5.82 Å². The molecule has 0 radical (unpaired) electrons. The molecule has 1 N–H and O–H groups in total. The van der Waals surface area contributed by atoms with Crippen LogP contribution in [0.25, 0.3) is 11.0 Å². The summed E-state index contributed by atoms with van der Waals surface area (Å²) in [6.07, 6.45) is -5.03. The van der Waals surface area contributed by atoms with Gasteiger partial charge in [0, 0.05) is 12.1 Å². The Morgan fingerprint density at radius 2 is 1.72 bits per heavy atom. The first-order valence-corrected chi connectivity index (χ1v) is 7.71. The Morgan fingerprint density at radius 1 is 1.08 bits per heavy atom. The number of benzene rings is 2. The zero-order valence-corrected chi connectivity index (χ0v) is 13.6. The minimum absolute atomic E-state index is 0.189. The summed E-state index contributed by atoms with van der Waals surface area (Å²) < 4.78 is 56.2. The van der Waals surface area contributed by atoms with Crippen LogP contribution in [-0.4, -0.2) is 20.8 Å². The molecule has 0 saturated heterocycles. The molecular formula is C18H16F4N2O. The average Bonchev–Trinajstić information content (AvgIpc) is 2.91. The van der Waals surface area contributed by atoms with Crippen LogP contribution >= 0.6 is 0 Å². The molecule has 1 unspecified atom stereocenters. The van der Waals surface area contributed by atoms with Gasteiger partial charge in [-0.2, -0.15) is 13.2 Å². The molecule has 1 aromatic heterocycles. The van der Waals surface area contributed by atoms with Crippen LogP contribution in [0.1, 0.15) is 23.9 Å². The second-order valence-corrected chi connectivity index (χ2v) is 5.89. The van der Waals surface area contributed by atoms with Crippen molar-refractivity contribution < 1.29 is 22.7 Å². The van der Waals surface area contributed by atoms with E-state index in [1.165, 1.54) is 4.57 Å². The molecule has 3 nitrogen and oxygen atoms in total. The molecule has 7 heteroatoms. The standard InChI is InChI=1S/C18H16F4N2O/c1-3-24-15-10-11(2)4-9-14(15)23-16(24)17(25,18(20,21)22)12-5-7-13(19)8-6-12/h4-10,25H,3H2,1-2H3. The molecule has 0 amide bonds. The van der Waals surface area contributed by atoms with Gasteiger partial charge in [0.25, 0.3) is 0 Å². The zero-order valence-electron chi connectivity index (χ0n) is 13.6. The van der Waals surface area contributed by atoms with E-state index in [4.69, 9.17) is 0 Å². The third-order valence-electron chi connectivity index (χ3n) is 4.22. The number of rotatable bonds is 3. The number of nitrogens with zero attached hydrogens (tertiary/aromatic N) is 2. The number of hydrogen-bond acceptors (Lipinski definition) is 2. The summed E-state index contributed by atoms with van der Waals surface area (Å²) in [5, 5.41) is 10.7. The van der Waals surface area contributed by atoms with Crippen LogP contribution < -0.4 is 0 Å². The maximum atomic E-state index is 13.9. The zero-order chi connectivity index (χ0) is 18.4. The third-order valence-corrected chi connectivity index (χ3v) is 4.22. The lowest BCUT2D eigenvalue weighted by atomic mass is 9.92. The molecule has 0 bridgehead atoms. The highest BCUT2D eigenvalue weighted by Gasteiger charge is 2.59. The van der Waals surface area contributed by atoms with Crippen LogP contribution in [-0.2, 0) is 12.1 Å². The molecule has 0 aliphatic heterocycles. The molecule has 0 spiro atoms. The number of aryl methyl sites for hydroxylation is 2. The Hall–Kier alpha value is -2.41. The van der Waals surface area contributed by atoms with Crippen LogP contribution in [0.2, 0.25) is 0 Å². The summed E-state index contributed by atoms with van der Waals surface area (Å²) >= 11 is 0. The van der Waals surface area contributed by atoms with Crippen molar-refractivity contribution in [2.75, 3.05) is 0 Å². The molecule has 0 aliphatic rings. The molecule has 0 aliphatic carbocycles. The molecule has 0 fully saturated rings. The van der Waals surface area contributed by atoms with E-state index < -0.39 is 29.0 Å². The van der Waals surface area contributed by atoms with Gasteiger partial charge in [0.05, 0.1) is 11.0 Å². The Bertz CT molecular complexity index is 915. The van der Waals surface area contributed by atoms with Gasteiger partial charge >= 0.3 is 6.18 Å². The van der Waals surface area contributed by atoms with Crippen molar-refractivity contribution in [1.29, 1.82) is 0 Å².